The quantitative estimate of drug-likeness (QED) is 0.684. The minimum Gasteiger partial charge on any atom is -0.294 e. The van der Waals surface area contributed by atoms with Crippen molar-refractivity contribution in [3.63, 3.8) is 0 Å². The molecule has 3 heteroatoms. The van der Waals surface area contributed by atoms with Gasteiger partial charge in [-0.3, -0.25) is 9.48 Å². The molecule has 106 valence electrons. The van der Waals surface area contributed by atoms with Gasteiger partial charge in [-0.25, -0.2) is 0 Å². The van der Waals surface area contributed by atoms with Crippen molar-refractivity contribution < 1.29 is 4.79 Å². The minimum atomic E-state index is 0.137. The Labute approximate surface area is 124 Å². The van der Waals surface area contributed by atoms with Crippen molar-refractivity contribution in [2.45, 2.75) is 19.8 Å². The van der Waals surface area contributed by atoms with E-state index in [1.165, 1.54) is 0 Å². The van der Waals surface area contributed by atoms with E-state index in [0.717, 1.165) is 34.1 Å². The Morgan fingerprint density at radius 1 is 1.14 bits per heavy atom. The van der Waals surface area contributed by atoms with Crippen LogP contribution in [0.2, 0.25) is 0 Å². The van der Waals surface area contributed by atoms with E-state index in [2.05, 4.69) is 12.0 Å². The second-order valence-electron chi connectivity index (χ2n) is 5.23. The van der Waals surface area contributed by atoms with E-state index in [1.807, 2.05) is 60.3 Å². The highest BCUT2D eigenvalue weighted by atomic mass is 16.1. The van der Waals surface area contributed by atoms with Crippen LogP contribution < -0.4 is 0 Å². The van der Waals surface area contributed by atoms with Gasteiger partial charge in [-0.15, -0.1) is 0 Å². The third-order valence-electron chi connectivity index (χ3n) is 3.82. The van der Waals surface area contributed by atoms with Crippen LogP contribution >= 0.6 is 0 Å². The highest BCUT2D eigenvalue weighted by Gasteiger charge is 2.13. The van der Waals surface area contributed by atoms with Crippen molar-refractivity contribution in [1.29, 1.82) is 0 Å². The number of carbonyl (C=O) groups is 1. The maximum absolute atomic E-state index is 12.6. The lowest BCUT2D eigenvalue weighted by Crippen LogP contribution is -2.08. The van der Waals surface area contributed by atoms with Crippen molar-refractivity contribution in [3.8, 4) is 0 Å². The van der Waals surface area contributed by atoms with Gasteiger partial charge in [0.1, 0.15) is 0 Å². The smallest absolute Gasteiger partial charge is 0.169 e. The first-order valence-corrected chi connectivity index (χ1v) is 7.22. The maximum atomic E-state index is 12.6. The first-order valence-electron chi connectivity index (χ1n) is 7.22. The number of hydrogen-bond donors (Lipinski definition) is 0. The topological polar surface area (TPSA) is 34.9 Å². The molecular weight excluding hydrogens is 260 g/mol. The van der Waals surface area contributed by atoms with Crippen molar-refractivity contribution in [2.75, 3.05) is 0 Å². The maximum Gasteiger partial charge on any atom is 0.169 e. The van der Waals surface area contributed by atoms with Gasteiger partial charge in [-0.1, -0.05) is 49.4 Å². The van der Waals surface area contributed by atoms with Crippen LogP contribution in [-0.2, 0) is 19.9 Å². The summed E-state index contributed by atoms with van der Waals surface area (Å²) in [6.45, 7) is 2.07. The lowest BCUT2D eigenvalue weighted by molar-refractivity contribution is 0.0992. The molecule has 3 aromatic rings. The van der Waals surface area contributed by atoms with Gasteiger partial charge in [-0.2, -0.15) is 5.10 Å². The minimum absolute atomic E-state index is 0.137. The predicted molar refractivity (Wildman–Crippen MR) is 84.6 cm³/mol. The number of fused-ring (bicyclic) bond motifs is 1. The van der Waals surface area contributed by atoms with Crippen molar-refractivity contribution >= 4 is 16.6 Å². The van der Waals surface area contributed by atoms with Crippen LogP contribution in [0.4, 0.5) is 0 Å². The van der Waals surface area contributed by atoms with E-state index in [0.29, 0.717) is 6.42 Å². The molecule has 0 radical (unpaired) electrons. The van der Waals surface area contributed by atoms with Gasteiger partial charge in [0, 0.05) is 18.3 Å². The molecule has 0 unspecified atom stereocenters. The highest BCUT2D eigenvalue weighted by molar-refractivity contribution is 6.08. The number of carbonyl (C=O) groups excluding carboxylic acids is 1. The first kappa shape index (κ1) is 13.6. The van der Waals surface area contributed by atoms with E-state index in [9.17, 15) is 4.79 Å². The molecule has 21 heavy (non-hydrogen) atoms. The summed E-state index contributed by atoms with van der Waals surface area (Å²) < 4.78 is 1.81. The van der Waals surface area contributed by atoms with Gasteiger partial charge in [-0.05, 0) is 23.3 Å². The molecule has 0 amide bonds. The number of nitrogens with zero attached hydrogens (tertiary/aromatic N) is 2. The van der Waals surface area contributed by atoms with E-state index in [4.69, 9.17) is 0 Å². The molecule has 3 rings (SSSR count). The van der Waals surface area contributed by atoms with Crippen LogP contribution in [-0.4, -0.2) is 15.6 Å². The zero-order valence-corrected chi connectivity index (χ0v) is 12.3. The van der Waals surface area contributed by atoms with Crippen LogP contribution in [0, 0.1) is 0 Å². The molecule has 0 aliphatic rings. The highest BCUT2D eigenvalue weighted by Crippen LogP contribution is 2.20. The summed E-state index contributed by atoms with van der Waals surface area (Å²) in [6, 6.07) is 15.9. The summed E-state index contributed by atoms with van der Waals surface area (Å²) in [5, 5.41) is 6.52. The Morgan fingerprint density at radius 2 is 1.90 bits per heavy atom. The SMILES string of the molecule is CCc1cc(CC(=O)c2cccc3ccccc23)n(C)n1. The summed E-state index contributed by atoms with van der Waals surface area (Å²) in [6.07, 6.45) is 1.27. The molecule has 3 nitrogen and oxygen atoms in total. The van der Waals surface area contributed by atoms with Crippen molar-refractivity contribution in [3.05, 3.63) is 65.5 Å². The number of aromatic nitrogens is 2. The zero-order valence-electron chi connectivity index (χ0n) is 12.3. The van der Waals surface area contributed by atoms with Gasteiger partial charge in [0.2, 0.25) is 0 Å². The third-order valence-corrected chi connectivity index (χ3v) is 3.82. The predicted octanol–water partition coefficient (Wildman–Crippen LogP) is 3.56. The second kappa shape index (κ2) is 5.52. The molecular formula is C18H18N2O. The number of rotatable bonds is 4. The van der Waals surface area contributed by atoms with E-state index in [1.54, 1.807) is 0 Å². The van der Waals surface area contributed by atoms with Crippen LogP contribution in [0.3, 0.4) is 0 Å². The fourth-order valence-electron chi connectivity index (χ4n) is 2.64. The summed E-state index contributed by atoms with van der Waals surface area (Å²) in [7, 11) is 1.89. The summed E-state index contributed by atoms with van der Waals surface area (Å²) >= 11 is 0. The Morgan fingerprint density at radius 3 is 2.67 bits per heavy atom. The van der Waals surface area contributed by atoms with Gasteiger partial charge >= 0.3 is 0 Å². The number of ketones is 1. The van der Waals surface area contributed by atoms with Crippen molar-refractivity contribution in [2.24, 2.45) is 7.05 Å². The number of hydrogen-bond acceptors (Lipinski definition) is 2. The molecule has 1 heterocycles. The standard InChI is InChI=1S/C18H18N2O/c1-3-14-11-15(20(2)19-14)12-18(21)17-10-6-8-13-7-4-5-9-16(13)17/h4-11H,3,12H2,1-2H3. The van der Waals surface area contributed by atoms with Crippen LogP contribution in [0.25, 0.3) is 10.8 Å². The fourth-order valence-corrected chi connectivity index (χ4v) is 2.64. The fraction of sp³-hybridized carbons (Fsp3) is 0.222. The number of benzene rings is 2. The lowest BCUT2D eigenvalue weighted by Gasteiger charge is -2.06. The van der Waals surface area contributed by atoms with Crippen LogP contribution in [0.1, 0.15) is 28.7 Å². The Bertz CT molecular complexity index is 797. The molecule has 0 fully saturated rings. The summed E-state index contributed by atoms with van der Waals surface area (Å²) in [5.41, 5.74) is 2.77. The van der Waals surface area contributed by atoms with Gasteiger partial charge in [0.15, 0.2) is 5.78 Å². The normalized spacial score (nSPS) is 11.0. The van der Waals surface area contributed by atoms with Gasteiger partial charge in [0.25, 0.3) is 0 Å². The third kappa shape index (κ3) is 2.59. The molecule has 0 atom stereocenters. The summed E-state index contributed by atoms with van der Waals surface area (Å²) in [5.74, 6) is 0.137. The monoisotopic (exact) mass is 278 g/mol. The Hall–Kier alpha value is -2.42. The largest absolute Gasteiger partial charge is 0.294 e. The average Bonchev–Trinajstić information content (AvgIpc) is 2.87. The van der Waals surface area contributed by atoms with Crippen molar-refractivity contribution in [1.82, 2.24) is 9.78 Å². The van der Waals surface area contributed by atoms with E-state index in [-0.39, 0.29) is 5.78 Å². The van der Waals surface area contributed by atoms with Crippen LogP contribution in [0.15, 0.2) is 48.5 Å². The average molecular weight is 278 g/mol. The zero-order chi connectivity index (χ0) is 14.8. The summed E-state index contributed by atoms with van der Waals surface area (Å²) in [4.78, 5) is 12.6. The van der Waals surface area contributed by atoms with Crippen LogP contribution in [0.5, 0.6) is 0 Å². The van der Waals surface area contributed by atoms with E-state index >= 15 is 0 Å². The van der Waals surface area contributed by atoms with E-state index < -0.39 is 0 Å². The first-order chi connectivity index (χ1) is 10.2. The van der Waals surface area contributed by atoms with Gasteiger partial charge < -0.3 is 0 Å². The molecule has 0 saturated heterocycles. The molecule has 2 aromatic carbocycles. The molecule has 0 aliphatic carbocycles. The molecule has 0 bridgehead atoms. The number of aryl methyl sites for hydroxylation is 2. The van der Waals surface area contributed by atoms with Gasteiger partial charge in [0.05, 0.1) is 12.1 Å². The second-order valence-corrected chi connectivity index (χ2v) is 5.23. The Balaban J connectivity index is 1.95. The Kier molecular flexibility index (Phi) is 3.57. The molecule has 0 N–H and O–H groups in total. The number of Topliss-reactive ketones (excluding diaryl/α,β-unsaturated/α-hetero) is 1. The molecule has 0 aliphatic heterocycles. The molecule has 0 spiro atoms. The molecule has 1 aromatic heterocycles. The lowest BCUT2D eigenvalue weighted by atomic mass is 9.99. The molecule has 0 saturated carbocycles.